The summed E-state index contributed by atoms with van der Waals surface area (Å²) in [5, 5.41) is 19.7. The molecule has 2 aliphatic rings. The van der Waals surface area contributed by atoms with Crippen LogP contribution >= 0.6 is 0 Å². The molecule has 2 heterocycles. The molecule has 20 heavy (non-hydrogen) atoms. The molecule has 1 N–H and O–H groups in total. The Morgan fingerprint density at radius 1 is 1.50 bits per heavy atom. The summed E-state index contributed by atoms with van der Waals surface area (Å²) >= 11 is 0. The number of nitrogens with zero attached hydrogens (tertiary/aromatic N) is 2. The summed E-state index contributed by atoms with van der Waals surface area (Å²) in [5.41, 5.74) is 0.498. The molecule has 2 atom stereocenters. The third kappa shape index (κ3) is 2.09. The molecule has 2 bridgehead atoms. The molecule has 2 saturated heterocycles. The van der Waals surface area contributed by atoms with E-state index < -0.39 is 16.6 Å². The van der Waals surface area contributed by atoms with Crippen molar-refractivity contribution in [2.45, 2.75) is 24.5 Å². The van der Waals surface area contributed by atoms with E-state index in [-0.39, 0.29) is 11.7 Å². The van der Waals surface area contributed by atoms with Gasteiger partial charge in [-0.15, -0.1) is 0 Å². The summed E-state index contributed by atoms with van der Waals surface area (Å²) in [5.74, 6) is 0. The van der Waals surface area contributed by atoms with Crippen molar-refractivity contribution >= 4 is 11.8 Å². The zero-order chi connectivity index (χ0) is 14.3. The molecule has 2 aliphatic heterocycles. The Kier molecular flexibility index (Phi) is 2.86. The summed E-state index contributed by atoms with van der Waals surface area (Å²) in [6.07, 6.45) is 0.352. The smallest absolute Gasteiger partial charge is 0.407 e. The van der Waals surface area contributed by atoms with Crippen LogP contribution in [0.25, 0.3) is 0 Å². The van der Waals surface area contributed by atoms with Gasteiger partial charge < -0.3 is 14.7 Å². The molecule has 0 aliphatic carbocycles. The summed E-state index contributed by atoms with van der Waals surface area (Å²) < 4.78 is 5.76. The Morgan fingerprint density at radius 3 is 2.75 bits per heavy atom. The number of fused-ring (bicyclic) bond motifs is 2. The molecule has 1 amide bonds. The highest BCUT2D eigenvalue weighted by atomic mass is 16.6. The van der Waals surface area contributed by atoms with Gasteiger partial charge in [0.05, 0.1) is 29.7 Å². The van der Waals surface area contributed by atoms with Crippen LogP contribution in [0, 0.1) is 10.1 Å². The number of amides is 1. The van der Waals surface area contributed by atoms with E-state index in [4.69, 9.17) is 9.84 Å². The Balaban J connectivity index is 1.75. The standard InChI is InChI=1S/C13H14N2O5/c16-12(17)14-8-13(6-11(14)7-20-13)5-9-1-3-10(4-2-9)15(18)19/h1-4,11H,5-8H2,(H,16,17)/t11-,13-/m1/s1. The molecule has 3 rings (SSSR count). The minimum atomic E-state index is -0.913. The van der Waals surface area contributed by atoms with Gasteiger partial charge in [0.1, 0.15) is 0 Å². The summed E-state index contributed by atoms with van der Waals surface area (Å²) in [7, 11) is 0. The molecule has 0 unspecified atom stereocenters. The maximum atomic E-state index is 11.1. The van der Waals surface area contributed by atoms with Crippen LogP contribution < -0.4 is 0 Å². The molecule has 106 valence electrons. The molecule has 0 radical (unpaired) electrons. The molecular weight excluding hydrogens is 264 g/mol. The van der Waals surface area contributed by atoms with E-state index in [0.29, 0.717) is 26.0 Å². The number of likely N-dealkylation sites (tertiary alicyclic amines) is 1. The third-order valence-corrected chi connectivity index (χ3v) is 4.01. The van der Waals surface area contributed by atoms with Crippen molar-refractivity contribution in [3.8, 4) is 0 Å². The molecule has 7 nitrogen and oxygen atoms in total. The number of hydrogen-bond donors (Lipinski definition) is 1. The average molecular weight is 278 g/mol. The summed E-state index contributed by atoms with van der Waals surface area (Å²) in [6, 6.07) is 6.26. The van der Waals surface area contributed by atoms with Crippen LogP contribution in [-0.4, -0.2) is 45.8 Å². The molecule has 0 spiro atoms. The zero-order valence-corrected chi connectivity index (χ0v) is 10.7. The molecule has 2 fully saturated rings. The van der Waals surface area contributed by atoms with Crippen LogP contribution in [0.15, 0.2) is 24.3 Å². The number of ether oxygens (including phenoxy) is 1. The van der Waals surface area contributed by atoms with Crippen molar-refractivity contribution in [2.75, 3.05) is 13.2 Å². The van der Waals surface area contributed by atoms with Gasteiger partial charge in [-0.05, 0) is 5.56 Å². The first-order chi connectivity index (χ1) is 9.49. The monoisotopic (exact) mass is 278 g/mol. The van der Waals surface area contributed by atoms with Gasteiger partial charge in [-0.25, -0.2) is 4.79 Å². The van der Waals surface area contributed by atoms with Crippen LogP contribution in [0.4, 0.5) is 10.5 Å². The first kappa shape index (κ1) is 12.9. The van der Waals surface area contributed by atoms with Crippen LogP contribution in [0.1, 0.15) is 12.0 Å². The second-order valence-electron chi connectivity index (χ2n) is 5.36. The number of nitro benzene ring substituents is 1. The van der Waals surface area contributed by atoms with Gasteiger partial charge in [0.15, 0.2) is 0 Å². The lowest BCUT2D eigenvalue weighted by Crippen LogP contribution is -2.46. The van der Waals surface area contributed by atoms with Gasteiger partial charge in [-0.1, -0.05) is 12.1 Å². The predicted molar refractivity (Wildman–Crippen MR) is 68.6 cm³/mol. The highest BCUT2D eigenvalue weighted by molar-refractivity contribution is 5.66. The Labute approximate surface area is 114 Å². The van der Waals surface area contributed by atoms with Crippen molar-refractivity contribution < 1.29 is 19.6 Å². The van der Waals surface area contributed by atoms with E-state index in [1.54, 1.807) is 12.1 Å². The Bertz CT molecular complexity index is 558. The first-order valence-corrected chi connectivity index (χ1v) is 6.36. The van der Waals surface area contributed by atoms with Gasteiger partial charge in [-0.2, -0.15) is 0 Å². The van der Waals surface area contributed by atoms with E-state index in [1.165, 1.54) is 17.0 Å². The fourth-order valence-corrected chi connectivity index (χ4v) is 3.08. The number of carbonyl (C=O) groups is 1. The minimum absolute atomic E-state index is 0.0510. The molecule has 7 heteroatoms. The van der Waals surface area contributed by atoms with E-state index in [2.05, 4.69) is 0 Å². The van der Waals surface area contributed by atoms with Crippen LogP contribution in [-0.2, 0) is 11.2 Å². The lowest BCUT2D eigenvalue weighted by atomic mass is 9.93. The highest BCUT2D eigenvalue weighted by Gasteiger charge is 2.52. The summed E-state index contributed by atoms with van der Waals surface area (Å²) in [4.78, 5) is 22.7. The number of rotatable bonds is 3. The van der Waals surface area contributed by atoms with Gasteiger partial charge in [0.25, 0.3) is 5.69 Å². The van der Waals surface area contributed by atoms with Crippen LogP contribution in [0.2, 0.25) is 0 Å². The number of morpholine rings is 1. The molecule has 1 aromatic carbocycles. The fraction of sp³-hybridized carbons (Fsp3) is 0.462. The lowest BCUT2D eigenvalue weighted by Gasteiger charge is -2.31. The molecular formula is C13H14N2O5. The quantitative estimate of drug-likeness (QED) is 0.670. The second-order valence-corrected chi connectivity index (χ2v) is 5.36. The maximum absolute atomic E-state index is 11.1. The van der Waals surface area contributed by atoms with Gasteiger partial charge >= 0.3 is 6.09 Å². The third-order valence-electron chi connectivity index (χ3n) is 4.01. The number of hydrogen-bond acceptors (Lipinski definition) is 4. The normalized spacial score (nSPS) is 27.8. The van der Waals surface area contributed by atoms with Crippen LogP contribution in [0.3, 0.4) is 0 Å². The lowest BCUT2D eigenvalue weighted by molar-refractivity contribution is -0.384. The number of carboxylic acid groups (broad SMARTS) is 1. The minimum Gasteiger partial charge on any atom is -0.465 e. The topological polar surface area (TPSA) is 92.9 Å². The van der Waals surface area contributed by atoms with E-state index in [1.807, 2.05) is 0 Å². The second kappa shape index (κ2) is 4.45. The Hall–Kier alpha value is -2.15. The Morgan fingerprint density at radius 2 is 2.20 bits per heavy atom. The number of benzene rings is 1. The zero-order valence-electron chi connectivity index (χ0n) is 10.7. The van der Waals surface area contributed by atoms with E-state index >= 15 is 0 Å². The highest BCUT2D eigenvalue weighted by Crippen LogP contribution is 2.40. The van der Waals surface area contributed by atoms with Crippen molar-refractivity contribution in [1.82, 2.24) is 4.90 Å². The number of non-ortho nitro benzene ring substituents is 1. The SMILES string of the molecule is O=C(O)N1C[C@@]2(Cc3ccc([N+](=O)[O-])cc3)C[C@@H]1CO2. The molecule has 1 aromatic rings. The predicted octanol–water partition coefficient (Wildman–Crippen LogP) is 1.66. The van der Waals surface area contributed by atoms with E-state index in [0.717, 1.165) is 5.56 Å². The van der Waals surface area contributed by atoms with Crippen molar-refractivity contribution in [1.29, 1.82) is 0 Å². The largest absolute Gasteiger partial charge is 0.465 e. The van der Waals surface area contributed by atoms with Crippen molar-refractivity contribution in [3.63, 3.8) is 0 Å². The van der Waals surface area contributed by atoms with Crippen molar-refractivity contribution in [2.24, 2.45) is 0 Å². The van der Waals surface area contributed by atoms with Gasteiger partial charge in [-0.3, -0.25) is 10.1 Å². The molecule has 0 aromatic heterocycles. The summed E-state index contributed by atoms with van der Waals surface area (Å²) in [6.45, 7) is 0.795. The average Bonchev–Trinajstić information content (AvgIpc) is 2.97. The first-order valence-electron chi connectivity index (χ1n) is 6.36. The maximum Gasteiger partial charge on any atom is 0.407 e. The fourth-order valence-electron chi connectivity index (χ4n) is 3.08. The van der Waals surface area contributed by atoms with Crippen molar-refractivity contribution in [3.05, 3.63) is 39.9 Å². The molecule has 0 saturated carbocycles. The number of nitro groups is 1. The van der Waals surface area contributed by atoms with Gasteiger partial charge in [0, 0.05) is 25.0 Å². The van der Waals surface area contributed by atoms with Crippen LogP contribution in [0.5, 0.6) is 0 Å². The van der Waals surface area contributed by atoms with E-state index in [9.17, 15) is 14.9 Å². The van der Waals surface area contributed by atoms with Gasteiger partial charge in [0.2, 0.25) is 0 Å².